The Morgan fingerprint density at radius 3 is 1.48 bits per heavy atom. The van der Waals surface area contributed by atoms with Gasteiger partial charge in [0, 0.05) is 0 Å². The van der Waals surface area contributed by atoms with Crippen molar-refractivity contribution < 1.29 is 14.3 Å². The lowest BCUT2D eigenvalue weighted by atomic mass is 9.91. The third kappa shape index (κ3) is 4.62. The maximum Gasteiger partial charge on any atom is 0.315 e. The summed E-state index contributed by atoms with van der Waals surface area (Å²) in [6.07, 6.45) is 1.09. The van der Waals surface area contributed by atoms with Crippen LogP contribution in [-0.2, 0) is 22.3 Å². The van der Waals surface area contributed by atoms with E-state index in [0.717, 1.165) is 12.8 Å². The summed E-state index contributed by atoms with van der Waals surface area (Å²) in [6, 6.07) is 12.6. The number of amides is 2. The van der Waals surface area contributed by atoms with Gasteiger partial charge >= 0.3 is 6.03 Å². The molecule has 0 radical (unpaired) electrons. The minimum Gasteiger partial charge on any atom is -0.347 e. The Balaban J connectivity index is 1.56. The Bertz CT molecular complexity index is 799. The van der Waals surface area contributed by atoms with Crippen LogP contribution in [0, 0.1) is 27.7 Å². The average molecular weight is 395 g/mol. The van der Waals surface area contributed by atoms with Gasteiger partial charge in [-0.05, 0) is 51.7 Å². The predicted molar refractivity (Wildman–Crippen MR) is 113 cm³/mol. The highest BCUT2D eigenvalue weighted by Crippen LogP contribution is 2.26. The largest absolute Gasteiger partial charge is 0.347 e. The normalized spacial score (nSPS) is 26.4. The van der Waals surface area contributed by atoms with E-state index in [2.05, 4.69) is 74.7 Å². The summed E-state index contributed by atoms with van der Waals surface area (Å²) < 4.78 is 11.9. The molecule has 4 atom stereocenters. The van der Waals surface area contributed by atoms with Gasteiger partial charge in [-0.15, -0.1) is 0 Å². The van der Waals surface area contributed by atoms with Crippen molar-refractivity contribution in [2.75, 3.05) is 6.79 Å². The highest BCUT2D eigenvalue weighted by Gasteiger charge is 2.44. The zero-order valence-corrected chi connectivity index (χ0v) is 17.6. The first kappa shape index (κ1) is 19.9. The van der Waals surface area contributed by atoms with Gasteiger partial charge in [-0.25, -0.2) is 4.79 Å². The number of nitrogens with one attached hydrogen (secondary N) is 2. The van der Waals surface area contributed by atoms with E-state index in [1.165, 1.54) is 33.4 Å². The predicted octanol–water partition coefficient (Wildman–Crippen LogP) is 3.50. The van der Waals surface area contributed by atoms with E-state index < -0.39 is 0 Å². The van der Waals surface area contributed by atoms with Gasteiger partial charge in [0.2, 0.25) is 0 Å². The van der Waals surface area contributed by atoms with E-state index in [4.69, 9.17) is 9.47 Å². The van der Waals surface area contributed by atoms with Gasteiger partial charge in [-0.3, -0.25) is 0 Å². The number of rotatable bonds is 4. The van der Waals surface area contributed by atoms with Crippen LogP contribution < -0.4 is 10.6 Å². The van der Waals surface area contributed by atoms with Gasteiger partial charge < -0.3 is 20.1 Å². The fraction of sp³-hybridized carbons (Fsp3) is 0.458. The van der Waals surface area contributed by atoms with Crippen LogP contribution in [0.1, 0.15) is 33.4 Å². The van der Waals surface area contributed by atoms with Crippen LogP contribution in [-0.4, -0.2) is 37.1 Å². The second-order valence-corrected chi connectivity index (χ2v) is 8.61. The van der Waals surface area contributed by atoms with Crippen LogP contribution in [0.2, 0.25) is 0 Å². The van der Waals surface area contributed by atoms with Crippen LogP contribution >= 0.6 is 0 Å². The van der Waals surface area contributed by atoms with Crippen LogP contribution in [0.4, 0.5) is 4.79 Å². The summed E-state index contributed by atoms with van der Waals surface area (Å²) in [5.41, 5.74) is 7.32. The Hall–Kier alpha value is -2.37. The summed E-state index contributed by atoms with van der Waals surface area (Å²) in [7, 11) is 0. The standard InChI is InChI=1S/C24H30N2O3/c1-14-5-15(2)8-18(7-14)11-20-22-23(29-13-28-22)21(26-24(27)25-20)12-19-9-16(3)6-17(4)10-19/h5-10,20-23H,11-13H2,1-4H3,(H2,25,26,27)/t20-,21-,22+,23+/m1/s1. The molecule has 2 saturated heterocycles. The lowest BCUT2D eigenvalue weighted by Crippen LogP contribution is -2.47. The number of carbonyl (C=O) groups is 1. The smallest absolute Gasteiger partial charge is 0.315 e. The van der Waals surface area contributed by atoms with Gasteiger partial charge in [0.25, 0.3) is 0 Å². The molecular weight excluding hydrogens is 364 g/mol. The highest BCUT2D eigenvalue weighted by molar-refractivity contribution is 5.75. The van der Waals surface area contributed by atoms with E-state index in [0.29, 0.717) is 0 Å². The Morgan fingerprint density at radius 2 is 1.10 bits per heavy atom. The first-order valence-corrected chi connectivity index (χ1v) is 10.3. The molecule has 2 fully saturated rings. The van der Waals surface area contributed by atoms with Crippen molar-refractivity contribution >= 4 is 6.03 Å². The minimum absolute atomic E-state index is 0.132. The van der Waals surface area contributed by atoms with Crippen molar-refractivity contribution in [1.82, 2.24) is 10.6 Å². The molecule has 2 aromatic carbocycles. The molecule has 2 amide bonds. The first-order valence-electron chi connectivity index (χ1n) is 10.3. The van der Waals surface area contributed by atoms with E-state index >= 15 is 0 Å². The number of urea groups is 1. The molecule has 5 heteroatoms. The zero-order valence-electron chi connectivity index (χ0n) is 17.6. The number of ether oxygens (including phenoxy) is 2. The summed E-state index contributed by atoms with van der Waals surface area (Å²) in [6.45, 7) is 8.66. The third-order valence-electron chi connectivity index (χ3n) is 5.75. The highest BCUT2D eigenvalue weighted by atomic mass is 16.7. The molecule has 0 unspecified atom stereocenters. The molecule has 0 spiro atoms. The molecule has 29 heavy (non-hydrogen) atoms. The monoisotopic (exact) mass is 394 g/mol. The Labute approximate surface area is 172 Å². The van der Waals surface area contributed by atoms with Crippen molar-refractivity contribution in [3.05, 3.63) is 69.8 Å². The Morgan fingerprint density at radius 1 is 0.724 bits per heavy atom. The topological polar surface area (TPSA) is 59.6 Å². The molecule has 2 aromatic rings. The lowest BCUT2D eigenvalue weighted by Gasteiger charge is -2.27. The van der Waals surface area contributed by atoms with Gasteiger partial charge in [0.1, 0.15) is 19.0 Å². The fourth-order valence-electron chi connectivity index (χ4n) is 4.83. The quantitative estimate of drug-likeness (QED) is 0.835. The summed E-state index contributed by atoms with van der Waals surface area (Å²) in [4.78, 5) is 12.6. The van der Waals surface area contributed by atoms with Gasteiger partial charge in [0.05, 0.1) is 12.1 Å². The number of aryl methyl sites for hydroxylation is 4. The van der Waals surface area contributed by atoms with Crippen molar-refractivity contribution in [2.45, 2.75) is 64.8 Å². The molecule has 154 valence electrons. The second kappa shape index (κ2) is 8.17. The molecule has 2 N–H and O–H groups in total. The molecule has 0 aromatic heterocycles. The molecule has 4 rings (SSSR count). The molecule has 2 heterocycles. The van der Waals surface area contributed by atoms with Gasteiger partial charge in [0.15, 0.2) is 0 Å². The number of hydrogen-bond donors (Lipinski definition) is 2. The molecule has 0 bridgehead atoms. The van der Waals surface area contributed by atoms with Gasteiger partial charge in [-0.2, -0.15) is 0 Å². The van der Waals surface area contributed by atoms with E-state index in [-0.39, 0.29) is 37.1 Å². The molecule has 5 nitrogen and oxygen atoms in total. The van der Waals surface area contributed by atoms with Crippen LogP contribution in [0.15, 0.2) is 36.4 Å². The maximum absolute atomic E-state index is 12.6. The van der Waals surface area contributed by atoms with E-state index in [1.54, 1.807) is 0 Å². The summed E-state index contributed by atoms with van der Waals surface area (Å²) >= 11 is 0. The summed E-state index contributed by atoms with van der Waals surface area (Å²) in [5, 5.41) is 6.24. The minimum atomic E-state index is -0.175. The zero-order chi connectivity index (χ0) is 20.5. The van der Waals surface area contributed by atoms with E-state index in [1.807, 2.05) is 0 Å². The number of fused-ring (bicyclic) bond motifs is 1. The molecule has 2 aliphatic rings. The summed E-state index contributed by atoms with van der Waals surface area (Å²) in [5.74, 6) is 0. The van der Waals surface area contributed by atoms with Gasteiger partial charge in [-0.1, -0.05) is 58.7 Å². The molecular formula is C24H30N2O3. The number of hydrogen-bond acceptors (Lipinski definition) is 3. The SMILES string of the molecule is Cc1cc(C)cc(C[C@H]2NC(=O)N[C@H](Cc3cc(C)cc(C)c3)[C@@H]3OCO[C@H]32)c1. The lowest BCUT2D eigenvalue weighted by molar-refractivity contribution is 0.0275. The fourth-order valence-corrected chi connectivity index (χ4v) is 4.83. The van der Waals surface area contributed by atoms with E-state index in [9.17, 15) is 4.79 Å². The third-order valence-corrected chi connectivity index (χ3v) is 5.75. The van der Waals surface area contributed by atoms with Crippen LogP contribution in [0.3, 0.4) is 0 Å². The molecule has 0 aliphatic carbocycles. The van der Waals surface area contributed by atoms with Crippen LogP contribution in [0.5, 0.6) is 0 Å². The van der Waals surface area contributed by atoms with Crippen molar-refractivity contribution in [3.63, 3.8) is 0 Å². The maximum atomic E-state index is 12.6. The van der Waals surface area contributed by atoms with Crippen molar-refractivity contribution in [1.29, 1.82) is 0 Å². The average Bonchev–Trinajstić information content (AvgIpc) is 3.04. The number of benzene rings is 2. The van der Waals surface area contributed by atoms with Crippen LogP contribution in [0.25, 0.3) is 0 Å². The number of carbonyl (C=O) groups excluding carboxylic acids is 1. The molecule has 2 aliphatic heterocycles. The second-order valence-electron chi connectivity index (χ2n) is 8.61. The van der Waals surface area contributed by atoms with Crippen molar-refractivity contribution in [2.24, 2.45) is 0 Å². The molecule has 0 saturated carbocycles. The first-order chi connectivity index (χ1) is 13.9. The Kier molecular flexibility index (Phi) is 5.61. The van der Waals surface area contributed by atoms with Crippen molar-refractivity contribution in [3.8, 4) is 0 Å².